The van der Waals surface area contributed by atoms with Crippen LogP contribution in [0.15, 0.2) is 48.5 Å². The van der Waals surface area contributed by atoms with Crippen LogP contribution in [0.3, 0.4) is 0 Å². The molecule has 7 heteroatoms. The lowest BCUT2D eigenvalue weighted by Crippen LogP contribution is -2.48. The second-order valence-corrected chi connectivity index (χ2v) is 8.57. The van der Waals surface area contributed by atoms with Crippen molar-refractivity contribution in [3.8, 4) is 0 Å². The minimum absolute atomic E-state index is 0.115. The molecule has 1 heterocycles. The molecular weight excluding hydrogens is 379 g/mol. The van der Waals surface area contributed by atoms with Crippen LogP contribution in [0.2, 0.25) is 0 Å². The molecule has 0 atom stereocenters. The van der Waals surface area contributed by atoms with Crippen LogP contribution in [-0.4, -0.2) is 9.78 Å². The minimum Gasteiger partial charge on any atom is -0.330 e. The topological polar surface area (TPSA) is 41.9 Å². The number of halogens is 1. The summed E-state index contributed by atoms with van der Waals surface area (Å²) in [5.74, 6) is -0.207. The first-order valence-corrected chi connectivity index (χ1v) is 10.2. The molecule has 4 rings (SSSR count). The highest BCUT2D eigenvalue weighted by atomic mass is 32.1. The summed E-state index contributed by atoms with van der Waals surface area (Å²) in [7, 11) is 0. The Kier molecular flexibility index (Phi) is 5.08. The van der Waals surface area contributed by atoms with Crippen molar-refractivity contribution in [2.45, 2.75) is 38.4 Å². The van der Waals surface area contributed by atoms with Crippen molar-refractivity contribution in [2.24, 2.45) is 0 Å². The summed E-state index contributed by atoms with van der Waals surface area (Å²) in [5.41, 5.74) is 3.20. The van der Waals surface area contributed by atoms with Gasteiger partial charge in [-0.3, -0.25) is 5.32 Å². The third kappa shape index (κ3) is 3.95. The zero-order valence-corrected chi connectivity index (χ0v) is 16.7. The largest absolute Gasteiger partial charge is 0.330 e. The molecule has 0 spiro atoms. The van der Waals surface area contributed by atoms with Crippen LogP contribution in [0.4, 0.5) is 15.2 Å². The molecule has 0 amide bonds. The molecule has 27 heavy (non-hydrogen) atoms. The van der Waals surface area contributed by atoms with Crippen molar-refractivity contribution in [1.29, 1.82) is 0 Å². The molecule has 2 aromatic carbocycles. The van der Waals surface area contributed by atoms with Gasteiger partial charge in [-0.25, -0.2) is 9.07 Å². The van der Waals surface area contributed by atoms with Gasteiger partial charge in [0.1, 0.15) is 5.82 Å². The SMILES string of the molecule is Cc1cccc(Nc2nn(CNC3(c4ccc(F)cc4)CCC3)c(=S)s2)c1. The third-order valence-electron chi connectivity index (χ3n) is 5.05. The van der Waals surface area contributed by atoms with Crippen LogP contribution in [0.5, 0.6) is 0 Å². The molecule has 140 valence electrons. The second kappa shape index (κ2) is 7.50. The molecule has 1 aromatic heterocycles. The van der Waals surface area contributed by atoms with Crippen molar-refractivity contribution < 1.29 is 4.39 Å². The standard InChI is InChI=1S/C20H21FN4S2/c1-14-4-2-5-17(12-14)23-18-24-25(19(26)27-18)13-22-20(10-3-11-20)15-6-8-16(21)9-7-15/h2,4-9,12,22H,3,10-11,13H2,1H3,(H,23,24). The third-order valence-corrected chi connectivity index (χ3v) is 6.27. The maximum atomic E-state index is 13.3. The summed E-state index contributed by atoms with van der Waals surface area (Å²) in [6, 6.07) is 14.9. The van der Waals surface area contributed by atoms with Gasteiger partial charge in [-0.05, 0) is 73.8 Å². The minimum atomic E-state index is -0.207. The molecule has 4 nitrogen and oxygen atoms in total. The normalized spacial score (nSPS) is 15.3. The summed E-state index contributed by atoms with van der Waals surface area (Å²) in [4.78, 5) is 0. The van der Waals surface area contributed by atoms with Crippen molar-refractivity contribution in [1.82, 2.24) is 15.1 Å². The molecular formula is C20H21FN4S2. The predicted octanol–water partition coefficient (Wildman–Crippen LogP) is 5.49. The Morgan fingerprint density at radius 1 is 1.22 bits per heavy atom. The van der Waals surface area contributed by atoms with Gasteiger partial charge in [-0.15, -0.1) is 5.10 Å². The highest BCUT2D eigenvalue weighted by molar-refractivity contribution is 7.73. The maximum absolute atomic E-state index is 13.3. The first kappa shape index (κ1) is 18.3. The summed E-state index contributed by atoms with van der Waals surface area (Å²) in [5, 5.41) is 12.3. The van der Waals surface area contributed by atoms with Crippen LogP contribution >= 0.6 is 23.6 Å². The Labute approximate surface area is 167 Å². The van der Waals surface area contributed by atoms with E-state index in [1.807, 2.05) is 28.9 Å². The molecule has 2 N–H and O–H groups in total. The number of nitrogens with one attached hydrogen (secondary N) is 2. The molecule has 1 aliphatic rings. The molecule has 0 saturated heterocycles. The van der Waals surface area contributed by atoms with Gasteiger partial charge >= 0.3 is 0 Å². The van der Waals surface area contributed by atoms with Gasteiger partial charge in [-0.1, -0.05) is 35.6 Å². The van der Waals surface area contributed by atoms with Crippen LogP contribution < -0.4 is 10.6 Å². The Balaban J connectivity index is 1.47. The van der Waals surface area contributed by atoms with E-state index in [0.29, 0.717) is 10.6 Å². The fourth-order valence-electron chi connectivity index (χ4n) is 3.40. The predicted molar refractivity (Wildman–Crippen MR) is 110 cm³/mol. The number of hydrogen-bond acceptors (Lipinski definition) is 5. The lowest BCUT2D eigenvalue weighted by Gasteiger charge is -2.43. The average molecular weight is 401 g/mol. The molecule has 3 aromatic rings. The molecule has 1 aliphatic carbocycles. The summed E-state index contributed by atoms with van der Waals surface area (Å²) < 4.78 is 15.8. The Hall–Kier alpha value is -2.09. The van der Waals surface area contributed by atoms with Crippen molar-refractivity contribution in [3.63, 3.8) is 0 Å². The summed E-state index contributed by atoms with van der Waals surface area (Å²) in [6.07, 6.45) is 3.22. The van der Waals surface area contributed by atoms with E-state index in [1.165, 1.54) is 29.0 Å². The van der Waals surface area contributed by atoms with Crippen LogP contribution in [-0.2, 0) is 12.2 Å². The molecule has 0 unspecified atom stereocenters. The number of rotatable bonds is 6. The molecule has 0 aliphatic heterocycles. The highest BCUT2D eigenvalue weighted by Crippen LogP contribution is 2.41. The molecule has 0 bridgehead atoms. The molecule has 1 fully saturated rings. The highest BCUT2D eigenvalue weighted by Gasteiger charge is 2.38. The van der Waals surface area contributed by atoms with Crippen LogP contribution in [0.1, 0.15) is 30.4 Å². The van der Waals surface area contributed by atoms with Gasteiger partial charge in [0.05, 0.1) is 6.67 Å². The van der Waals surface area contributed by atoms with E-state index in [4.69, 9.17) is 12.2 Å². The molecule has 1 saturated carbocycles. The van der Waals surface area contributed by atoms with E-state index in [1.54, 1.807) is 0 Å². The number of anilines is 2. The number of hydrogen-bond donors (Lipinski definition) is 2. The van der Waals surface area contributed by atoms with Crippen LogP contribution in [0.25, 0.3) is 0 Å². The lowest BCUT2D eigenvalue weighted by molar-refractivity contribution is 0.166. The Bertz CT molecular complexity index is 990. The number of aryl methyl sites for hydroxylation is 1. The Morgan fingerprint density at radius 2 is 2.00 bits per heavy atom. The van der Waals surface area contributed by atoms with Crippen LogP contribution in [0, 0.1) is 16.7 Å². The van der Waals surface area contributed by atoms with E-state index in [9.17, 15) is 4.39 Å². The van der Waals surface area contributed by atoms with E-state index in [0.717, 1.165) is 35.6 Å². The van der Waals surface area contributed by atoms with E-state index < -0.39 is 0 Å². The van der Waals surface area contributed by atoms with Gasteiger partial charge in [-0.2, -0.15) is 0 Å². The second-order valence-electron chi connectivity index (χ2n) is 6.94. The van der Waals surface area contributed by atoms with E-state index >= 15 is 0 Å². The van der Waals surface area contributed by atoms with Gasteiger partial charge in [0.15, 0.2) is 3.95 Å². The van der Waals surface area contributed by atoms with Crippen molar-refractivity contribution in [3.05, 3.63) is 69.4 Å². The van der Waals surface area contributed by atoms with Gasteiger partial charge in [0.25, 0.3) is 0 Å². The number of benzene rings is 2. The zero-order valence-electron chi connectivity index (χ0n) is 15.0. The first-order chi connectivity index (χ1) is 13.0. The average Bonchev–Trinajstić information content (AvgIpc) is 2.95. The molecule has 0 radical (unpaired) electrons. The van der Waals surface area contributed by atoms with Crippen molar-refractivity contribution >= 4 is 34.4 Å². The summed E-state index contributed by atoms with van der Waals surface area (Å²) >= 11 is 6.94. The number of nitrogens with zero attached hydrogens (tertiary/aromatic N) is 2. The zero-order chi connectivity index (χ0) is 18.9. The first-order valence-electron chi connectivity index (χ1n) is 8.97. The van der Waals surface area contributed by atoms with E-state index in [2.05, 4.69) is 34.8 Å². The van der Waals surface area contributed by atoms with Crippen molar-refractivity contribution in [2.75, 3.05) is 5.32 Å². The fourth-order valence-corrected chi connectivity index (χ4v) is 4.42. The van der Waals surface area contributed by atoms with E-state index in [-0.39, 0.29) is 11.4 Å². The smallest absolute Gasteiger partial charge is 0.209 e. The quantitative estimate of drug-likeness (QED) is 0.537. The maximum Gasteiger partial charge on any atom is 0.209 e. The summed E-state index contributed by atoms with van der Waals surface area (Å²) in [6.45, 7) is 2.59. The number of aromatic nitrogens is 2. The Morgan fingerprint density at radius 3 is 2.67 bits per heavy atom. The monoisotopic (exact) mass is 400 g/mol. The lowest BCUT2D eigenvalue weighted by atomic mass is 9.72. The van der Waals surface area contributed by atoms with Gasteiger partial charge in [0.2, 0.25) is 5.13 Å². The fraction of sp³-hybridized carbons (Fsp3) is 0.300. The van der Waals surface area contributed by atoms with Gasteiger partial charge in [0, 0.05) is 11.2 Å². The van der Waals surface area contributed by atoms with Gasteiger partial charge < -0.3 is 5.32 Å².